The highest BCUT2D eigenvalue weighted by Crippen LogP contribution is 2.30. The second-order valence-electron chi connectivity index (χ2n) is 5.78. The van der Waals surface area contributed by atoms with E-state index in [1.54, 1.807) is 12.5 Å². The van der Waals surface area contributed by atoms with Crippen molar-refractivity contribution in [2.45, 2.75) is 12.8 Å². The Balaban J connectivity index is 1.71. The molecule has 3 aromatic rings. The Morgan fingerprint density at radius 2 is 2.09 bits per heavy atom. The van der Waals surface area contributed by atoms with Crippen LogP contribution in [0, 0.1) is 5.92 Å². The predicted octanol–water partition coefficient (Wildman–Crippen LogP) is 2.98. The molecular formula is C17H16N4O. The molecule has 1 amide bonds. The normalized spacial score (nSPS) is 14.2. The molecule has 4 rings (SSSR count). The number of hydrogen-bond acceptors (Lipinski definition) is 3. The summed E-state index contributed by atoms with van der Waals surface area (Å²) in [5.74, 6) is 0.875. The van der Waals surface area contributed by atoms with Crippen LogP contribution in [0.4, 0.5) is 5.82 Å². The van der Waals surface area contributed by atoms with Gasteiger partial charge in [0.05, 0.1) is 18.2 Å². The summed E-state index contributed by atoms with van der Waals surface area (Å²) in [4.78, 5) is 20.3. The van der Waals surface area contributed by atoms with E-state index in [0.717, 1.165) is 34.9 Å². The first-order chi connectivity index (χ1) is 10.7. The summed E-state index contributed by atoms with van der Waals surface area (Å²) in [6, 6.07) is 8.12. The van der Waals surface area contributed by atoms with E-state index in [1.807, 2.05) is 29.9 Å². The molecule has 22 heavy (non-hydrogen) atoms. The number of anilines is 1. The van der Waals surface area contributed by atoms with Crippen LogP contribution in [0.3, 0.4) is 0 Å². The number of nitrogens with one attached hydrogen (secondary N) is 1. The first-order valence-electron chi connectivity index (χ1n) is 7.38. The van der Waals surface area contributed by atoms with Crippen molar-refractivity contribution in [2.75, 3.05) is 5.32 Å². The number of carbonyl (C=O) groups excluding carboxylic acids is 1. The molecule has 1 N–H and O–H groups in total. The lowest BCUT2D eigenvalue weighted by Gasteiger charge is -2.07. The molecule has 5 heteroatoms. The van der Waals surface area contributed by atoms with Gasteiger partial charge in [0.2, 0.25) is 5.91 Å². The minimum Gasteiger partial charge on any atom is -0.334 e. The molecule has 0 unspecified atom stereocenters. The minimum absolute atomic E-state index is 0.0784. The highest BCUT2D eigenvalue weighted by molar-refractivity contribution is 5.95. The number of aryl methyl sites for hydroxylation is 1. The highest BCUT2D eigenvalue weighted by Gasteiger charge is 2.29. The number of hydrogen-bond donors (Lipinski definition) is 1. The lowest BCUT2D eigenvalue weighted by molar-refractivity contribution is -0.117. The van der Waals surface area contributed by atoms with Crippen molar-refractivity contribution in [3.8, 4) is 11.3 Å². The second kappa shape index (κ2) is 4.94. The van der Waals surface area contributed by atoms with E-state index in [1.165, 1.54) is 0 Å². The topological polar surface area (TPSA) is 59.8 Å². The van der Waals surface area contributed by atoms with E-state index >= 15 is 0 Å². The van der Waals surface area contributed by atoms with Gasteiger partial charge in [-0.3, -0.25) is 4.79 Å². The molecular weight excluding hydrogens is 276 g/mol. The number of fused-ring (bicyclic) bond motifs is 1. The lowest BCUT2D eigenvalue weighted by Crippen LogP contribution is -2.14. The molecule has 1 aliphatic rings. The molecule has 1 saturated carbocycles. The number of aromatic nitrogens is 3. The fraction of sp³-hybridized carbons (Fsp3) is 0.235. The van der Waals surface area contributed by atoms with Crippen molar-refractivity contribution in [1.29, 1.82) is 0 Å². The summed E-state index contributed by atoms with van der Waals surface area (Å²) in [6.45, 7) is 0. The first-order valence-corrected chi connectivity index (χ1v) is 7.38. The molecule has 1 fully saturated rings. The van der Waals surface area contributed by atoms with Gasteiger partial charge in [-0.25, -0.2) is 9.97 Å². The third kappa shape index (κ3) is 2.35. The second-order valence-corrected chi connectivity index (χ2v) is 5.78. The monoisotopic (exact) mass is 292 g/mol. The summed E-state index contributed by atoms with van der Waals surface area (Å²) in [7, 11) is 1.97. The van der Waals surface area contributed by atoms with Crippen LogP contribution in [0.25, 0.3) is 22.0 Å². The predicted molar refractivity (Wildman–Crippen MR) is 85.3 cm³/mol. The molecule has 0 aliphatic heterocycles. The average molecular weight is 292 g/mol. The summed E-state index contributed by atoms with van der Waals surface area (Å²) >= 11 is 0. The average Bonchev–Trinajstić information content (AvgIpc) is 3.29. The Morgan fingerprint density at radius 3 is 2.82 bits per heavy atom. The number of rotatable bonds is 3. The van der Waals surface area contributed by atoms with Gasteiger partial charge in [0, 0.05) is 30.1 Å². The van der Waals surface area contributed by atoms with E-state index in [4.69, 9.17) is 0 Å². The molecule has 1 aliphatic carbocycles. The quantitative estimate of drug-likeness (QED) is 0.807. The van der Waals surface area contributed by atoms with Crippen LogP contribution in [0.5, 0.6) is 0 Å². The van der Waals surface area contributed by atoms with E-state index in [0.29, 0.717) is 5.82 Å². The van der Waals surface area contributed by atoms with E-state index in [9.17, 15) is 4.79 Å². The Hall–Kier alpha value is -2.69. The van der Waals surface area contributed by atoms with Gasteiger partial charge < -0.3 is 9.88 Å². The number of nitrogens with zero attached hydrogens (tertiary/aromatic N) is 3. The van der Waals surface area contributed by atoms with E-state index in [-0.39, 0.29) is 11.8 Å². The molecule has 0 spiro atoms. The molecule has 5 nitrogen and oxygen atoms in total. The molecule has 0 radical (unpaired) electrons. The summed E-state index contributed by atoms with van der Waals surface area (Å²) < 4.78 is 1.98. The Morgan fingerprint density at radius 1 is 1.23 bits per heavy atom. The molecule has 0 atom stereocenters. The first kappa shape index (κ1) is 13.0. The zero-order chi connectivity index (χ0) is 15.1. The van der Waals surface area contributed by atoms with Crippen molar-refractivity contribution in [3.63, 3.8) is 0 Å². The van der Waals surface area contributed by atoms with Crippen molar-refractivity contribution >= 4 is 22.5 Å². The fourth-order valence-corrected chi connectivity index (χ4v) is 2.58. The summed E-state index contributed by atoms with van der Waals surface area (Å²) in [5.41, 5.74) is 2.15. The van der Waals surface area contributed by atoms with Crippen LogP contribution in [-0.2, 0) is 11.8 Å². The standard InChI is InChI=1S/C17H16N4O/c1-21-10-18-9-15(21)12-4-5-13-8-19-16(7-14(13)6-12)20-17(22)11-2-3-11/h4-11H,2-3H2,1H3,(H,19,20,22). The Labute approximate surface area is 128 Å². The number of imidazole rings is 1. The lowest BCUT2D eigenvalue weighted by atomic mass is 10.1. The van der Waals surface area contributed by atoms with Crippen LogP contribution < -0.4 is 5.32 Å². The van der Waals surface area contributed by atoms with Crippen molar-refractivity contribution < 1.29 is 4.79 Å². The number of pyridine rings is 1. The Bertz CT molecular complexity index is 864. The molecule has 1 aromatic carbocycles. The van der Waals surface area contributed by atoms with E-state index in [2.05, 4.69) is 27.4 Å². The summed E-state index contributed by atoms with van der Waals surface area (Å²) in [5, 5.41) is 5.00. The van der Waals surface area contributed by atoms with Crippen LogP contribution >= 0.6 is 0 Å². The molecule has 2 heterocycles. The SMILES string of the molecule is Cn1cncc1-c1ccc2cnc(NC(=O)C3CC3)cc2c1. The van der Waals surface area contributed by atoms with E-state index < -0.39 is 0 Å². The number of amides is 1. The maximum atomic E-state index is 11.8. The Kier molecular flexibility index (Phi) is 2.92. The largest absolute Gasteiger partial charge is 0.334 e. The van der Waals surface area contributed by atoms with Gasteiger partial charge in [0.15, 0.2) is 0 Å². The zero-order valence-corrected chi connectivity index (χ0v) is 12.3. The van der Waals surface area contributed by atoms with Gasteiger partial charge in [0.25, 0.3) is 0 Å². The van der Waals surface area contributed by atoms with Crippen molar-refractivity contribution in [3.05, 3.63) is 43.0 Å². The highest BCUT2D eigenvalue weighted by atomic mass is 16.2. The molecule has 2 aromatic heterocycles. The fourth-order valence-electron chi connectivity index (χ4n) is 2.58. The minimum atomic E-state index is 0.0784. The number of carbonyl (C=O) groups is 1. The third-order valence-electron chi connectivity index (χ3n) is 4.03. The summed E-state index contributed by atoms with van der Waals surface area (Å²) in [6.07, 6.45) is 7.41. The molecule has 0 bridgehead atoms. The van der Waals surface area contributed by atoms with Crippen molar-refractivity contribution in [2.24, 2.45) is 13.0 Å². The molecule has 110 valence electrons. The third-order valence-corrected chi connectivity index (χ3v) is 4.03. The number of benzene rings is 1. The zero-order valence-electron chi connectivity index (χ0n) is 12.3. The van der Waals surface area contributed by atoms with Gasteiger partial charge in [-0.2, -0.15) is 0 Å². The van der Waals surface area contributed by atoms with Gasteiger partial charge >= 0.3 is 0 Å². The van der Waals surface area contributed by atoms with Gasteiger partial charge in [-0.1, -0.05) is 12.1 Å². The maximum Gasteiger partial charge on any atom is 0.228 e. The molecule has 0 saturated heterocycles. The van der Waals surface area contributed by atoms with Crippen LogP contribution in [0.15, 0.2) is 43.0 Å². The van der Waals surface area contributed by atoms with Gasteiger partial charge in [-0.15, -0.1) is 0 Å². The van der Waals surface area contributed by atoms with Gasteiger partial charge in [0.1, 0.15) is 5.82 Å². The van der Waals surface area contributed by atoms with Crippen LogP contribution in [-0.4, -0.2) is 20.4 Å². The maximum absolute atomic E-state index is 11.8. The van der Waals surface area contributed by atoms with Gasteiger partial charge in [-0.05, 0) is 30.4 Å². The smallest absolute Gasteiger partial charge is 0.228 e. The van der Waals surface area contributed by atoms with Crippen LogP contribution in [0.2, 0.25) is 0 Å². The van der Waals surface area contributed by atoms with Crippen molar-refractivity contribution in [1.82, 2.24) is 14.5 Å². The van der Waals surface area contributed by atoms with Crippen LogP contribution in [0.1, 0.15) is 12.8 Å².